The van der Waals surface area contributed by atoms with Crippen LogP contribution in [0.5, 0.6) is 0 Å². The topological polar surface area (TPSA) is 40.5 Å². The van der Waals surface area contributed by atoms with Gasteiger partial charge < -0.3 is 10.2 Å². The summed E-state index contributed by atoms with van der Waals surface area (Å²) in [6, 6.07) is 0. The van der Waals surface area contributed by atoms with E-state index in [1.165, 1.54) is 27.7 Å². The minimum absolute atomic E-state index is 0.0935. The third-order valence-electron chi connectivity index (χ3n) is 3.75. The van der Waals surface area contributed by atoms with E-state index in [2.05, 4.69) is 0 Å². The van der Waals surface area contributed by atoms with Gasteiger partial charge in [-0.1, -0.05) is 27.7 Å². The maximum Gasteiger partial charge on any atom is 0.395 e. The van der Waals surface area contributed by atoms with Crippen LogP contribution >= 0.6 is 10.9 Å². The number of hydrogen-bond donors (Lipinski definition) is 3. The summed E-state index contributed by atoms with van der Waals surface area (Å²) in [5, 5.41) is 19.5. The molecule has 0 spiro atoms. The molecular formula is C15H31F3O2S. The van der Waals surface area contributed by atoms with E-state index < -0.39 is 34.0 Å². The van der Waals surface area contributed by atoms with Crippen molar-refractivity contribution in [3.05, 3.63) is 0 Å². The molecule has 0 bridgehead atoms. The second-order valence-corrected chi connectivity index (χ2v) is 10.0. The zero-order valence-electron chi connectivity index (χ0n) is 14.0. The standard InChI is InChI=1S/C15H31F3O2S/c1-11(9-19)10-21(6)8-7-14(5,20)12(13(2,3)4)15(16,17)18/h11-12,19-21H,7-10H2,1-6H3. The largest absolute Gasteiger partial charge is 0.396 e. The van der Waals surface area contributed by atoms with Crippen LogP contribution in [0.1, 0.15) is 41.0 Å². The first kappa shape index (κ1) is 21.1. The van der Waals surface area contributed by atoms with Crippen LogP contribution in [0.15, 0.2) is 0 Å². The number of halogens is 3. The van der Waals surface area contributed by atoms with E-state index in [-0.39, 0.29) is 18.9 Å². The van der Waals surface area contributed by atoms with Gasteiger partial charge >= 0.3 is 6.18 Å². The first-order chi connectivity index (χ1) is 9.21. The Morgan fingerprint density at radius 2 is 1.57 bits per heavy atom. The molecule has 4 unspecified atom stereocenters. The van der Waals surface area contributed by atoms with Crippen molar-refractivity contribution < 1.29 is 23.4 Å². The number of aliphatic hydroxyl groups is 2. The number of aliphatic hydroxyl groups excluding tert-OH is 1. The highest BCUT2D eigenvalue weighted by molar-refractivity contribution is 8.16. The molecule has 0 heterocycles. The molecule has 0 saturated heterocycles. The highest BCUT2D eigenvalue weighted by Gasteiger charge is 2.55. The Bertz CT molecular complexity index is 297. The minimum atomic E-state index is -4.42. The van der Waals surface area contributed by atoms with Crippen molar-refractivity contribution in [3.8, 4) is 0 Å². The van der Waals surface area contributed by atoms with Crippen LogP contribution in [0.4, 0.5) is 13.2 Å². The summed E-state index contributed by atoms with van der Waals surface area (Å²) in [7, 11) is -0.474. The Hall–Kier alpha value is 0.0600. The average Bonchev–Trinajstić information content (AvgIpc) is 2.21. The molecule has 130 valence electrons. The zero-order chi connectivity index (χ0) is 17.1. The summed E-state index contributed by atoms with van der Waals surface area (Å²) in [6.45, 7) is 7.86. The van der Waals surface area contributed by atoms with E-state index in [1.807, 2.05) is 13.2 Å². The summed E-state index contributed by atoms with van der Waals surface area (Å²) < 4.78 is 39.9. The summed E-state index contributed by atoms with van der Waals surface area (Å²) >= 11 is 0. The molecule has 2 nitrogen and oxygen atoms in total. The lowest BCUT2D eigenvalue weighted by atomic mass is 9.70. The highest BCUT2D eigenvalue weighted by atomic mass is 32.2. The zero-order valence-corrected chi connectivity index (χ0v) is 14.9. The molecule has 4 atom stereocenters. The fraction of sp³-hybridized carbons (Fsp3) is 1.00. The van der Waals surface area contributed by atoms with Crippen molar-refractivity contribution in [2.45, 2.75) is 52.8 Å². The Kier molecular flexibility index (Phi) is 7.58. The number of hydrogen-bond acceptors (Lipinski definition) is 2. The van der Waals surface area contributed by atoms with Gasteiger partial charge in [0, 0.05) is 6.61 Å². The number of rotatable bonds is 7. The Balaban J connectivity index is 4.85. The Labute approximate surface area is 129 Å². The molecule has 0 aliphatic heterocycles. The minimum Gasteiger partial charge on any atom is -0.396 e. The summed E-state index contributed by atoms with van der Waals surface area (Å²) in [5.41, 5.74) is -2.81. The lowest BCUT2D eigenvalue weighted by Crippen LogP contribution is -2.51. The van der Waals surface area contributed by atoms with Gasteiger partial charge in [0.2, 0.25) is 0 Å². The summed E-state index contributed by atoms with van der Waals surface area (Å²) in [4.78, 5) is 0. The van der Waals surface area contributed by atoms with E-state index in [9.17, 15) is 18.3 Å². The van der Waals surface area contributed by atoms with Crippen molar-refractivity contribution in [1.82, 2.24) is 0 Å². The normalized spacial score (nSPS) is 21.6. The van der Waals surface area contributed by atoms with Crippen molar-refractivity contribution in [2.75, 3.05) is 24.4 Å². The first-order valence-corrected chi connectivity index (χ1v) is 9.46. The molecule has 0 aromatic rings. The molecule has 0 aliphatic carbocycles. The van der Waals surface area contributed by atoms with Crippen LogP contribution in [0.2, 0.25) is 0 Å². The van der Waals surface area contributed by atoms with E-state index in [1.54, 1.807) is 0 Å². The predicted octanol–water partition coefficient (Wildman–Crippen LogP) is 3.61. The molecule has 0 saturated carbocycles. The second-order valence-electron chi connectivity index (χ2n) is 7.50. The molecule has 0 amide bonds. The smallest absolute Gasteiger partial charge is 0.395 e. The first-order valence-electron chi connectivity index (χ1n) is 7.30. The van der Waals surface area contributed by atoms with Crippen molar-refractivity contribution in [3.63, 3.8) is 0 Å². The monoisotopic (exact) mass is 332 g/mol. The third-order valence-corrected chi connectivity index (χ3v) is 5.98. The van der Waals surface area contributed by atoms with Gasteiger partial charge in [-0.3, -0.25) is 10.9 Å². The molecular weight excluding hydrogens is 301 g/mol. The fourth-order valence-electron chi connectivity index (χ4n) is 3.02. The van der Waals surface area contributed by atoms with Crippen LogP contribution in [-0.4, -0.2) is 46.4 Å². The van der Waals surface area contributed by atoms with E-state index in [4.69, 9.17) is 5.11 Å². The molecule has 0 fully saturated rings. The van der Waals surface area contributed by atoms with Gasteiger partial charge in [-0.15, -0.1) is 0 Å². The quantitative estimate of drug-likeness (QED) is 0.623. The van der Waals surface area contributed by atoms with Gasteiger partial charge in [0.05, 0.1) is 11.5 Å². The van der Waals surface area contributed by atoms with Crippen LogP contribution in [-0.2, 0) is 0 Å². The fourth-order valence-corrected chi connectivity index (χ4v) is 5.22. The van der Waals surface area contributed by atoms with Gasteiger partial charge in [-0.2, -0.15) is 13.2 Å². The van der Waals surface area contributed by atoms with Crippen molar-refractivity contribution in [1.29, 1.82) is 0 Å². The van der Waals surface area contributed by atoms with Crippen LogP contribution < -0.4 is 0 Å². The maximum absolute atomic E-state index is 13.3. The van der Waals surface area contributed by atoms with E-state index in [0.717, 1.165) is 5.75 Å². The van der Waals surface area contributed by atoms with Crippen LogP contribution in [0.25, 0.3) is 0 Å². The summed E-state index contributed by atoms with van der Waals surface area (Å²) in [6.07, 6.45) is -2.28. The van der Waals surface area contributed by atoms with E-state index in [0.29, 0.717) is 5.75 Å². The SMILES string of the molecule is CC(CO)C[SH](C)CCC(C)(O)C(C(C)(C)C)C(F)(F)F. The van der Waals surface area contributed by atoms with Crippen molar-refractivity contribution in [2.24, 2.45) is 17.3 Å². The lowest BCUT2D eigenvalue weighted by molar-refractivity contribution is -0.251. The molecule has 0 aromatic heterocycles. The van der Waals surface area contributed by atoms with Crippen LogP contribution in [0.3, 0.4) is 0 Å². The molecule has 2 N–H and O–H groups in total. The van der Waals surface area contributed by atoms with Gasteiger partial charge in [-0.25, -0.2) is 0 Å². The number of alkyl halides is 3. The van der Waals surface area contributed by atoms with Crippen molar-refractivity contribution >= 4 is 10.9 Å². The second kappa shape index (κ2) is 7.55. The molecule has 0 aliphatic rings. The Morgan fingerprint density at radius 1 is 1.10 bits per heavy atom. The molecule has 0 radical (unpaired) electrons. The van der Waals surface area contributed by atoms with Gasteiger partial charge in [0.15, 0.2) is 0 Å². The van der Waals surface area contributed by atoms with Gasteiger partial charge in [0.25, 0.3) is 0 Å². The lowest BCUT2D eigenvalue weighted by Gasteiger charge is -2.43. The van der Waals surface area contributed by atoms with Crippen LogP contribution in [0, 0.1) is 17.3 Å². The summed E-state index contributed by atoms with van der Waals surface area (Å²) in [5.74, 6) is -0.202. The molecule has 0 rings (SSSR count). The molecule has 21 heavy (non-hydrogen) atoms. The van der Waals surface area contributed by atoms with Gasteiger partial charge in [0.1, 0.15) is 0 Å². The predicted molar refractivity (Wildman–Crippen MR) is 85.1 cm³/mol. The number of thiol groups is 1. The highest BCUT2D eigenvalue weighted by Crippen LogP contribution is 2.47. The molecule has 6 heteroatoms. The maximum atomic E-state index is 13.3. The Morgan fingerprint density at radius 3 is 1.90 bits per heavy atom. The van der Waals surface area contributed by atoms with Gasteiger partial charge in [-0.05, 0) is 42.4 Å². The molecule has 0 aromatic carbocycles. The third kappa shape index (κ3) is 7.24. The average molecular weight is 332 g/mol. The van der Waals surface area contributed by atoms with E-state index >= 15 is 0 Å².